The zero-order valence-electron chi connectivity index (χ0n) is 20.6. The molecule has 8 heteroatoms. The summed E-state index contributed by atoms with van der Waals surface area (Å²) in [6.45, 7) is 13.4. The van der Waals surface area contributed by atoms with Gasteiger partial charge in [-0.15, -0.1) is 0 Å². The van der Waals surface area contributed by atoms with Crippen molar-refractivity contribution in [2.75, 3.05) is 45.8 Å². The van der Waals surface area contributed by atoms with E-state index in [0.29, 0.717) is 13.2 Å². The Morgan fingerprint density at radius 1 is 0.939 bits per heavy atom. The highest BCUT2D eigenvalue weighted by Crippen LogP contribution is 2.25. The molecule has 180 valence electrons. The van der Waals surface area contributed by atoms with Gasteiger partial charge in [0.1, 0.15) is 0 Å². The fraction of sp³-hybridized carbons (Fsp3) is 0.640. The predicted molar refractivity (Wildman–Crippen MR) is 135 cm³/mol. The molecular formula is C25H38N6OS. The average molecular weight is 471 g/mol. The van der Waals surface area contributed by atoms with Gasteiger partial charge in [0.2, 0.25) is 5.91 Å². The topological polar surface area (TPSA) is 49.5 Å². The molecule has 1 aromatic carbocycles. The van der Waals surface area contributed by atoms with Gasteiger partial charge in [0, 0.05) is 51.9 Å². The van der Waals surface area contributed by atoms with Gasteiger partial charge in [-0.05, 0) is 42.5 Å². The van der Waals surface area contributed by atoms with Crippen molar-refractivity contribution in [3.63, 3.8) is 0 Å². The van der Waals surface area contributed by atoms with E-state index in [1.54, 1.807) is 0 Å². The standard InChI is InChI=1S/C25H38N6OS/c1-25(2,3)21-10-8-20(9-11-21)23-26-31(24(33)27(23)4)19-29-16-14-28(15-17-29)18-22(32)30-12-6-5-7-13-30/h8-11H,5-7,12-19H2,1-4H3. The zero-order valence-corrected chi connectivity index (χ0v) is 21.4. The van der Waals surface area contributed by atoms with Crippen LogP contribution < -0.4 is 0 Å². The third-order valence-corrected chi connectivity index (χ3v) is 7.40. The van der Waals surface area contributed by atoms with Gasteiger partial charge in [0.05, 0.1) is 13.2 Å². The summed E-state index contributed by atoms with van der Waals surface area (Å²) >= 11 is 5.70. The summed E-state index contributed by atoms with van der Waals surface area (Å²) < 4.78 is 4.65. The molecule has 4 rings (SSSR count). The Kier molecular flexibility index (Phi) is 7.36. The summed E-state index contributed by atoms with van der Waals surface area (Å²) in [5, 5.41) is 4.85. The molecule has 0 unspecified atom stereocenters. The Labute approximate surface area is 203 Å². The summed E-state index contributed by atoms with van der Waals surface area (Å²) in [6.07, 6.45) is 3.54. The molecule has 0 spiro atoms. The second-order valence-corrected chi connectivity index (χ2v) is 10.8. The van der Waals surface area contributed by atoms with Crippen LogP contribution in [0.1, 0.15) is 45.6 Å². The van der Waals surface area contributed by atoms with Crippen LogP contribution in [0.2, 0.25) is 0 Å². The van der Waals surface area contributed by atoms with Crippen molar-refractivity contribution in [1.29, 1.82) is 0 Å². The average Bonchev–Trinajstić information content (AvgIpc) is 3.09. The quantitative estimate of drug-likeness (QED) is 0.626. The number of aromatic nitrogens is 3. The number of hydrogen-bond acceptors (Lipinski definition) is 5. The molecular weight excluding hydrogens is 432 g/mol. The maximum atomic E-state index is 12.6. The van der Waals surface area contributed by atoms with E-state index in [0.717, 1.165) is 68.3 Å². The van der Waals surface area contributed by atoms with E-state index in [-0.39, 0.29) is 11.3 Å². The van der Waals surface area contributed by atoms with Gasteiger partial charge in [0.15, 0.2) is 10.6 Å². The van der Waals surface area contributed by atoms with E-state index in [1.165, 1.54) is 12.0 Å². The number of amides is 1. The first kappa shape index (κ1) is 24.1. The Hall–Kier alpha value is -2.03. The molecule has 7 nitrogen and oxygen atoms in total. The second-order valence-electron chi connectivity index (χ2n) is 10.5. The Balaban J connectivity index is 1.34. The summed E-state index contributed by atoms with van der Waals surface area (Å²) in [5.74, 6) is 1.18. The highest BCUT2D eigenvalue weighted by atomic mass is 32.1. The molecule has 1 amide bonds. The molecule has 2 saturated heterocycles. The van der Waals surface area contributed by atoms with Crippen LogP contribution in [0.4, 0.5) is 0 Å². The van der Waals surface area contributed by atoms with Crippen LogP contribution >= 0.6 is 12.2 Å². The van der Waals surface area contributed by atoms with Gasteiger partial charge in [-0.25, -0.2) is 4.68 Å². The molecule has 0 aliphatic carbocycles. The van der Waals surface area contributed by atoms with E-state index < -0.39 is 0 Å². The van der Waals surface area contributed by atoms with Crippen molar-refractivity contribution in [3.05, 3.63) is 34.6 Å². The van der Waals surface area contributed by atoms with Crippen LogP contribution in [-0.4, -0.2) is 80.8 Å². The van der Waals surface area contributed by atoms with Crippen LogP contribution in [0, 0.1) is 4.77 Å². The minimum Gasteiger partial charge on any atom is -0.342 e. The monoisotopic (exact) mass is 470 g/mol. The van der Waals surface area contributed by atoms with Crippen molar-refractivity contribution in [1.82, 2.24) is 29.0 Å². The lowest BCUT2D eigenvalue weighted by molar-refractivity contribution is -0.133. The van der Waals surface area contributed by atoms with Gasteiger partial charge in [-0.3, -0.25) is 14.6 Å². The molecule has 33 heavy (non-hydrogen) atoms. The molecule has 2 aliphatic rings. The summed E-state index contributed by atoms with van der Waals surface area (Å²) in [7, 11) is 1.99. The Morgan fingerprint density at radius 3 is 2.15 bits per heavy atom. The maximum absolute atomic E-state index is 12.6. The first-order valence-electron chi connectivity index (χ1n) is 12.2. The lowest BCUT2D eigenvalue weighted by atomic mass is 9.87. The van der Waals surface area contributed by atoms with Crippen LogP contribution in [0.15, 0.2) is 24.3 Å². The first-order chi connectivity index (χ1) is 15.7. The molecule has 3 heterocycles. The van der Waals surface area contributed by atoms with Crippen molar-refractivity contribution in [2.24, 2.45) is 7.05 Å². The fourth-order valence-corrected chi connectivity index (χ4v) is 4.85. The normalized spacial score (nSPS) is 18.6. The van der Waals surface area contributed by atoms with Crippen molar-refractivity contribution in [2.45, 2.75) is 52.1 Å². The zero-order chi connectivity index (χ0) is 23.6. The van der Waals surface area contributed by atoms with E-state index in [2.05, 4.69) is 54.8 Å². The van der Waals surface area contributed by atoms with Gasteiger partial charge >= 0.3 is 0 Å². The van der Waals surface area contributed by atoms with E-state index >= 15 is 0 Å². The van der Waals surface area contributed by atoms with E-state index in [9.17, 15) is 4.79 Å². The number of carbonyl (C=O) groups excluding carboxylic acids is 1. The van der Waals surface area contributed by atoms with E-state index in [1.807, 2.05) is 21.2 Å². The summed E-state index contributed by atoms with van der Waals surface area (Å²) in [4.78, 5) is 19.3. The molecule has 0 N–H and O–H groups in total. The summed E-state index contributed by atoms with van der Waals surface area (Å²) in [6, 6.07) is 8.64. The van der Waals surface area contributed by atoms with Gasteiger partial charge in [0.25, 0.3) is 0 Å². The van der Waals surface area contributed by atoms with Gasteiger partial charge in [-0.2, -0.15) is 5.10 Å². The van der Waals surface area contributed by atoms with Crippen LogP contribution in [0.5, 0.6) is 0 Å². The number of piperidine rings is 1. The number of benzene rings is 1. The van der Waals surface area contributed by atoms with Crippen LogP contribution in [-0.2, 0) is 23.9 Å². The molecule has 1 aromatic heterocycles. The smallest absolute Gasteiger partial charge is 0.236 e. The largest absolute Gasteiger partial charge is 0.342 e. The van der Waals surface area contributed by atoms with Crippen LogP contribution in [0.25, 0.3) is 11.4 Å². The third-order valence-electron chi connectivity index (χ3n) is 6.92. The maximum Gasteiger partial charge on any atom is 0.236 e. The van der Waals surface area contributed by atoms with E-state index in [4.69, 9.17) is 17.3 Å². The minimum atomic E-state index is 0.129. The fourth-order valence-electron chi connectivity index (χ4n) is 4.66. The Bertz CT molecular complexity index is 1000. The molecule has 2 aliphatic heterocycles. The number of hydrogen-bond donors (Lipinski definition) is 0. The van der Waals surface area contributed by atoms with Gasteiger partial charge < -0.3 is 9.47 Å². The number of likely N-dealkylation sites (tertiary alicyclic amines) is 1. The van der Waals surface area contributed by atoms with Crippen molar-refractivity contribution < 1.29 is 4.79 Å². The highest BCUT2D eigenvalue weighted by Gasteiger charge is 2.23. The predicted octanol–water partition coefficient (Wildman–Crippen LogP) is 3.50. The molecule has 0 saturated carbocycles. The number of rotatable bonds is 5. The molecule has 0 radical (unpaired) electrons. The highest BCUT2D eigenvalue weighted by molar-refractivity contribution is 7.71. The number of piperazine rings is 1. The van der Waals surface area contributed by atoms with Gasteiger partial charge in [-0.1, -0.05) is 45.0 Å². The SMILES string of the molecule is Cn1c(-c2ccc(C(C)(C)C)cc2)nn(CN2CCN(CC(=O)N3CCCCC3)CC2)c1=S. The lowest BCUT2D eigenvalue weighted by Crippen LogP contribution is -2.50. The van der Waals surface area contributed by atoms with Crippen molar-refractivity contribution >= 4 is 18.1 Å². The second kappa shape index (κ2) is 10.1. The lowest BCUT2D eigenvalue weighted by Gasteiger charge is -2.35. The molecule has 2 fully saturated rings. The number of nitrogens with zero attached hydrogens (tertiary/aromatic N) is 6. The summed E-state index contributed by atoms with van der Waals surface area (Å²) in [5.41, 5.74) is 2.52. The molecule has 2 aromatic rings. The molecule has 0 bridgehead atoms. The molecule has 0 atom stereocenters. The Morgan fingerprint density at radius 2 is 1.55 bits per heavy atom. The first-order valence-corrected chi connectivity index (χ1v) is 12.6. The van der Waals surface area contributed by atoms with Crippen molar-refractivity contribution in [3.8, 4) is 11.4 Å². The number of carbonyl (C=O) groups is 1. The van der Waals surface area contributed by atoms with Crippen LogP contribution in [0.3, 0.4) is 0 Å². The minimum absolute atomic E-state index is 0.129. The third kappa shape index (κ3) is 5.73.